The molecule has 6 nitrogen and oxygen atoms in total. The number of hydrogen-bond acceptors (Lipinski definition) is 3. The van der Waals surface area contributed by atoms with Crippen molar-refractivity contribution < 1.29 is 14.0 Å². The van der Waals surface area contributed by atoms with Crippen LogP contribution in [0.3, 0.4) is 0 Å². The maximum Gasteiger partial charge on any atom is 0.315 e. The first-order chi connectivity index (χ1) is 11.7. The van der Waals surface area contributed by atoms with Gasteiger partial charge in [-0.1, -0.05) is 43.7 Å². The van der Waals surface area contributed by atoms with Gasteiger partial charge in [0.1, 0.15) is 5.76 Å². The van der Waals surface area contributed by atoms with E-state index in [1.165, 1.54) is 0 Å². The SMILES string of the molecule is CCC[C@@H](NC(=O)CNC(=O)NCc1ccco1)c1ccccc1. The lowest BCUT2D eigenvalue weighted by molar-refractivity contribution is -0.120. The molecule has 2 rings (SSSR count). The smallest absolute Gasteiger partial charge is 0.315 e. The van der Waals surface area contributed by atoms with Gasteiger partial charge in [0, 0.05) is 0 Å². The highest BCUT2D eigenvalue weighted by Gasteiger charge is 2.14. The Morgan fingerprint density at radius 3 is 2.54 bits per heavy atom. The molecule has 3 N–H and O–H groups in total. The van der Waals surface area contributed by atoms with Gasteiger partial charge in [-0.05, 0) is 24.1 Å². The second-order valence-corrected chi connectivity index (χ2v) is 5.44. The van der Waals surface area contributed by atoms with E-state index in [1.54, 1.807) is 18.4 Å². The molecule has 0 aliphatic heterocycles. The molecule has 0 radical (unpaired) electrons. The van der Waals surface area contributed by atoms with Gasteiger partial charge in [-0.25, -0.2) is 4.79 Å². The topological polar surface area (TPSA) is 83.4 Å². The highest BCUT2D eigenvalue weighted by atomic mass is 16.3. The van der Waals surface area contributed by atoms with E-state index in [0.29, 0.717) is 5.76 Å². The van der Waals surface area contributed by atoms with Crippen LogP contribution in [0, 0.1) is 0 Å². The summed E-state index contributed by atoms with van der Waals surface area (Å²) in [4.78, 5) is 23.7. The molecular weight excluding hydrogens is 306 g/mol. The van der Waals surface area contributed by atoms with Crippen molar-refractivity contribution in [1.82, 2.24) is 16.0 Å². The Balaban J connectivity index is 1.75. The standard InChI is InChI=1S/C18H23N3O3/c1-2-7-16(14-8-4-3-5-9-14)21-17(22)13-20-18(23)19-12-15-10-6-11-24-15/h3-6,8-11,16H,2,7,12-13H2,1H3,(H,21,22)(H2,19,20,23)/t16-/m1/s1. The van der Waals surface area contributed by atoms with Gasteiger partial charge in [0.25, 0.3) is 0 Å². The van der Waals surface area contributed by atoms with Crippen molar-refractivity contribution in [3.05, 3.63) is 60.1 Å². The molecule has 0 spiro atoms. The van der Waals surface area contributed by atoms with E-state index in [4.69, 9.17) is 4.42 Å². The minimum absolute atomic E-state index is 0.0447. The van der Waals surface area contributed by atoms with Crippen LogP contribution in [0.1, 0.15) is 37.1 Å². The number of carbonyl (C=O) groups is 2. The highest BCUT2D eigenvalue weighted by molar-refractivity contribution is 5.84. The first-order valence-electron chi connectivity index (χ1n) is 8.07. The normalized spacial score (nSPS) is 11.5. The number of carbonyl (C=O) groups excluding carboxylic acids is 2. The molecule has 0 saturated carbocycles. The molecule has 0 bridgehead atoms. The number of furan rings is 1. The van der Waals surface area contributed by atoms with Crippen LogP contribution >= 0.6 is 0 Å². The lowest BCUT2D eigenvalue weighted by Crippen LogP contribution is -2.42. The average Bonchev–Trinajstić information content (AvgIpc) is 3.12. The summed E-state index contributed by atoms with van der Waals surface area (Å²) in [6.07, 6.45) is 3.34. The molecule has 24 heavy (non-hydrogen) atoms. The van der Waals surface area contributed by atoms with Crippen molar-refractivity contribution in [3.63, 3.8) is 0 Å². The fourth-order valence-corrected chi connectivity index (χ4v) is 2.35. The molecule has 0 fully saturated rings. The summed E-state index contributed by atoms with van der Waals surface area (Å²) in [5.41, 5.74) is 1.06. The van der Waals surface area contributed by atoms with Gasteiger partial charge in [-0.3, -0.25) is 4.79 Å². The van der Waals surface area contributed by atoms with Gasteiger partial charge >= 0.3 is 6.03 Å². The molecule has 2 aromatic rings. The molecule has 0 aliphatic rings. The second kappa shape index (κ2) is 9.39. The summed E-state index contributed by atoms with van der Waals surface area (Å²) in [6.45, 7) is 2.28. The van der Waals surface area contributed by atoms with Gasteiger partial charge in [-0.2, -0.15) is 0 Å². The molecule has 6 heteroatoms. The Labute approximate surface area is 141 Å². The van der Waals surface area contributed by atoms with E-state index < -0.39 is 6.03 Å². The maximum absolute atomic E-state index is 12.1. The molecule has 1 aromatic carbocycles. The van der Waals surface area contributed by atoms with Crippen LogP contribution in [0.5, 0.6) is 0 Å². The van der Waals surface area contributed by atoms with E-state index in [1.807, 2.05) is 30.3 Å². The fourth-order valence-electron chi connectivity index (χ4n) is 2.35. The van der Waals surface area contributed by atoms with Crippen LogP contribution in [-0.2, 0) is 11.3 Å². The van der Waals surface area contributed by atoms with Crippen molar-refractivity contribution in [3.8, 4) is 0 Å². The van der Waals surface area contributed by atoms with E-state index in [9.17, 15) is 9.59 Å². The Bertz CT molecular complexity index is 626. The Morgan fingerprint density at radius 1 is 1.08 bits per heavy atom. The van der Waals surface area contributed by atoms with Crippen LogP contribution in [0.2, 0.25) is 0 Å². The maximum atomic E-state index is 12.1. The molecule has 0 saturated heterocycles. The monoisotopic (exact) mass is 329 g/mol. The zero-order valence-electron chi connectivity index (χ0n) is 13.7. The van der Waals surface area contributed by atoms with Gasteiger partial charge in [-0.15, -0.1) is 0 Å². The van der Waals surface area contributed by atoms with E-state index in [2.05, 4.69) is 22.9 Å². The zero-order chi connectivity index (χ0) is 17.2. The van der Waals surface area contributed by atoms with E-state index >= 15 is 0 Å². The molecule has 1 heterocycles. The van der Waals surface area contributed by atoms with Gasteiger partial charge in [0.15, 0.2) is 0 Å². The van der Waals surface area contributed by atoms with Crippen LogP contribution in [0.4, 0.5) is 4.79 Å². The Kier molecular flexibility index (Phi) is 6.89. The molecule has 128 valence electrons. The number of rotatable bonds is 8. The lowest BCUT2D eigenvalue weighted by Gasteiger charge is -2.18. The molecule has 1 aromatic heterocycles. The van der Waals surface area contributed by atoms with Crippen molar-refractivity contribution in [2.45, 2.75) is 32.4 Å². The number of hydrogen-bond donors (Lipinski definition) is 3. The first-order valence-corrected chi connectivity index (χ1v) is 8.07. The minimum atomic E-state index is -0.409. The van der Waals surface area contributed by atoms with Crippen LogP contribution in [-0.4, -0.2) is 18.5 Å². The number of benzene rings is 1. The van der Waals surface area contributed by atoms with Crippen molar-refractivity contribution >= 4 is 11.9 Å². The number of nitrogens with one attached hydrogen (secondary N) is 3. The van der Waals surface area contributed by atoms with Crippen LogP contribution < -0.4 is 16.0 Å². The first kappa shape index (κ1) is 17.6. The predicted molar refractivity (Wildman–Crippen MR) is 91.2 cm³/mol. The molecular formula is C18H23N3O3. The Morgan fingerprint density at radius 2 is 1.88 bits per heavy atom. The van der Waals surface area contributed by atoms with E-state index in [0.717, 1.165) is 18.4 Å². The third-order valence-electron chi connectivity index (χ3n) is 3.53. The van der Waals surface area contributed by atoms with Crippen LogP contribution in [0.15, 0.2) is 53.1 Å². The summed E-state index contributed by atoms with van der Waals surface area (Å²) in [5, 5.41) is 8.13. The summed E-state index contributed by atoms with van der Waals surface area (Å²) in [5.74, 6) is 0.437. The van der Waals surface area contributed by atoms with E-state index in [-0.39, 0.29) is 25.0 Å². The largest absolute Gasteiger partial charge is 0.467 e. The average molecular weight is 329 g/mol. The molecule has 0 aliphatic carbocycles. The second-order valence-electron chi connectivity index (χ2n) is 5.44. The quantitative estimate of drug-likeness (QED) is 0.696. The van der Waals surface area contributed by atoms with Crippen LogP contribution in [0.25, 0.3) is 0 Å². The highest BCUT2D eigenvalue weighted by Crippen LogP contribution is 2.17. The predicted octanol–water partition coefficient (Wildman–Crippen LogP) is 2.74. The summed E-state index contributed by atoms with van der Waals surface area (Å²) in [7, 11) is 0. The summed E-state index contributed by atoms with van der Waals surface area (Å²) >= 11 is 0. The van der Waals surface area contributed by atoms with Crippen molar-refractivity contribution in [2.75, 3.05) is 6.54 Å². The van der Waals surface area contributed by atoms with Crippen molar-refractivity contribution in [1.29, 1.82) is 0 Å². The van der Waals surface area contributed by atoms with Gasteiger partial charge in [0.05, 0.1) is 25.4 Å². The molecule has 0 unspecified atom stereocenters. The number of amides is 3. The third-order valence-corrected chi connectivity index (χ3v) is 3.53. The summed E-state index contributed by atoms with van der Waals surface area (Å²) < 4.78 is 5.12. The zero-order valence-corrected chi connectivity index (χ0v) is 13.7. The lowest BCUT2D eigenvalue weighted by atomic mass is 10.0. The third kappa shape index (κ3) is 5.79. The van der Waals surface area contributed by atoms with Gasteiger partial charge < -0.3 is 20.4 Å². The summed E-state index contributed by atoms with van der Waals surface area (Å²) in [6, 6.07) is 12.9. The Hall–Kier alpha value is -2.76. The van der Waals surface area contributed by atoms with Gasteiger partial charge in [0.2, 0.25) is 5.91 Å². The van der Waals surface area contributed by atoms with Crippen molar-refractivity contribution in [2.24, 2.45) is 0 Å². The minimum Gasteiger partial charge on any atom is -0.467 e. The molecule has 3 amide bonds. The number of urea groups is 1. The molecule has 1 atom stereocenters. The fraction of sp³-hybridized carbons (Fsp3) is 0.333.